The van der Waals surface area contributed by atoms with E-state index in [0.717, 1.165) is 5.56 Å². The minimum absolute atomic E-state index is 0.183. The highest BCUT2D eigenvalue weighted by molar-refractivity contribution is 5.83. The van der Waals surface area contributed by atoms with Crippen LogP contribution in [0.3, 0.4) is 0 Å². The Bertz CT molecular complexity index is 904. The molecule has 2 aromatic rings. The zero-order chi connectivity index (χ0) is 19.9. The molecule has 1 aliphatic rings. The van der Waals surface area contributed by atoms with Crippen molar-refractivity contribution in [2.24, 2.45) is 0 Å². The molecule has 1 aliphatic heterocycles. The van der Waals surface area contributed by atoms with Gasteiger partial charge in [-0.3, -0.25) is 4.79 Å². The highest BCUT2D eigenvalue weighted by atomic mass is 16.7. The minimum atomic E-state index is -0.967. The Morgan fingerprint density at radius 2 is 1.93 bits per heavy atom. The third kappa shape index (κ3) is 4.92. The van der Waals surface area contributed by atoms with Crippen LogP contribution in [0.25, 0.3) is 0 Å². The van der Waals surface area contributed by atoms with Gasteiger partial charge in [0.15, 0.2) is 24.2 Å². The van der Waals surface area contributed by atoms with Gasteiger partial charge >= 0.3 is 5.97 Å². The molecular formula is C20H18N2O6. The van der Waals surface area contributed by atoms with Gasteiger partial charge in [0.05, 0.1) is 11.6 Å². The first-order valence-electron chi connectivity index (χ1n) is 8.54. The second kappa shape index (κ2) is 8.77. The summed E-state index contributed by atoms with van der Waals surface area (Å²) in [6.45, 7) is 1.59. The Hall–Kier alpha value is -3.73. The number of fused-ring (bicyclic) bond motifs is 1. The highest BCUT2D eigenvalue weighted by Gasteiger charge is 2.19. The number of rotatable bonds is 7. The Labute approximate surface area is 161 Å². The second-order valence-corrected chi connectivity index (χ2v) is 5.96. The van der Waals surface area contributed by atoms with E-state index in [4.69, 9.17) is 24.2 Å². The molecular weight excluding hydrogens is 364 g/mol. The van der Waals surface area contributed by atoms with Crippen LogP contribution in [0.15, 0.2) is 42.5 Å². The lowest BCUT2D eigenvalue weighted by atomic mass is 10.2. The molecule has 0 spiro atoms. The first-order valence-corrected chi connectivity index (χ1v) is 8.54. The van der Waals surface area contributed by atoms with Crippen LogP contribution in [-0.4, -0.2) is 31.4 Å². The summed E-state index contributed by atoms with van der Waals surface area (Å²) < 4.78 is 20.9. The molecule has 0 fully saturated rings. The van der Waals surface area contributed by atoms with E-state index in [1.165, 1.54) is 6.92 Å². The molecule has 1 atom stereocenters. The average Bonchev–Trinajstić information content (AvgIpc) is 3.18. The molecule has 0 saturated carbocycles. The number of amides is 1. The molecule has 3 rings (SSSR count). The van der Waals surface area contributed by atoms with Crippen molar-refractivity contribution in [3.05, 3.63) is 53.6 Å². The highest BCUT2D eigenvalue weighted by Crippen LogP contribution is 2.32. The first-order chi connectivity index (χ1) is 13.5. The molecule has 8 heteroatoms. The van der Waals surface area contributed by atoms with Gasteiger partial charge in [0, 0.05) is 6.54 Å². The number of nitrogens with zero attached hydrogens (tertiary/aromatic N) is 1. The van der Waals surface area contributed by atoms with Crippen molar-refractivity contribution < 1.29 is 28.5 Å². The van der Waals surface area contributed by atoms with E-state index in [0.29, 0.717) is 22.8 Å². The van der Waals surface area contributed by atoms with Crippen LogP contribution < -0.4 is 19.5 Å². The number of ether oxygens (including phenoxy) is 4. The van der Waals surface area contributed by atoms with Crippen molar-refractivity contribution in [2.75, 3.05) is 13.4 Å². The fourth-order valence-electron chi connectivity index (χ4n) is 2.44. The van der Waals surface area contributed by atoms with Crippen LogP contribution in [0.5, 0.6) is 17.2 Å². The van der Waals surface area contributed by atoms with Crippen molar-refractivity contribution in [3.63, 3.8) is 0 Å². The average molecular weight is 382 g/mol. The van der Waals surface area contributed by atoms with Gasteiger partial charge in [0.2, 0.25) is 6.79 Å². The largest absolute Gasteiger partial charge is 0.482 e. The zero-order valence-electron chi connectivity index (χ0n) is 15.1. The van der Waals surface area contributed by atoms with Gasteiger partial charge in [-0.1, -0.05) is 6.07 Å². The van der Waals surface area contributed by atoms with Gasteiger partial charge in [-0.05, 0) is 48.9 Å². The Morgan fingerprint density at radius 3 is 2.68 bits per heavy atom. The van der Waals surface area contributed by atoms with E-state index in [-0.39, 0.29) is 19.9 Å². The maximum atomic E-state index is 12.1. The minimum Gasteiger partial charge on any atom is -0.482 e. The Kier molecular flexibility index (Phi) is 5.97. The second-order valence-electron chi connectivity index (χ2n) is 5.96. The smallest absolute Gasteiger partial charge is 0.344 e. The molecule has 1 amide bonds. The summed E-state index contributed by atoms with van der Waals surface area (Å²) in [6, 6.07) is 13.7. The van der Waals surface area contributed by atoms with Gasteiger partial charge in [-0.2, -0.15) is 5.26 Å². The number of carbonyl (C=O) groups is 2. The van der Waals surface area contributed by atoms with Crippen molar-refractivity contribution in [2.45, 2.75) is 19.6 Å². The predicted molar refractivity (Wildman–Crippen MR) is 96.6 cm³/mol. The standard InChI is InChI=1S/C20H18N2O6/c1-13(28-19(23)11-25-16-5-2-14(9-21)3-6-16)20(24)22-10-15-4-7-17-18(8-15)27-12-26-17/h2-8,13H,10-12H2,1H3,(H,22,24)/t13-/m0/s1. The van der Waals surface area contributed by atoms with Crippen molar-refractivity contribution >= 4 is 11.9 Å². The van der Waals surface area contributed by atoms with Gasteiger partial charge in [0.25, 0.3) is 5.91 Å². The van der Waals surface area contributed by atoms with Crippen molar-refractivity contribution in [1.29, 1.82) is 5.26 Å². The molecule has 0 radical (unpaired) electrons. The Balaban J connectivity index is 1.41. The van der Waals surface area contributed by atoms with E-state index < -0.39 is 18.0 Å². The summed E-state index contributed by atoms with van der Waals surface area (Å²) in [5.74, 6) is 0.626. The maximum absolute atomic E-state index is 12.1. The molecule has 144 valence electrons. The fraction of sp³-hybridized carbons (Fsp3) is 0.250. The van der Waals surface area contributed by atoms with Gasteiger partial charge < -0.3 is 24.3 Å². The lowest BCUT2D eigenvalue weighted by Crippen LogP contribution is -2.36. The lowest BCUT2D eigenvalue weighted by Gasteiger charge is -2.14. The van der Waals surface area contributed by atoms with Gasteiger partial charge in [-0.15, -0.1) is 0 Å². The number of nitrogens with one attached hydrogen (secondary N) is 1. The van der Waals surface area contributed by atoms with Crippen LogP contribution in [0.2, 0.25) is 0 Å². The van der Waals surface area contributed by atoms with Gasteiger partial charge in [-0.25, -0.2) is 4.79 Å². The molecule has 1 N–H and O–H groups in total. The molecule has 8 nitrogen and oxygen atoms in total. The molecule has 2 aromatic carbocycles. The maximum Gasteiger partial charge on any atom is 0.344 e. The van der Waals surface area contributed by atoms with Crippen molar-refractivity contribution in [1.82, 2.24) is 5.32 Å². The molecule has 0 bridgehead atoms. The quantitative estimate of drug-likeness (QED) is 0.729. The predicted octanol–water partition coefficient (Wildman–Crippen LogP) is 1.91. The van der Waals surface area contributed by atoms with Crippen LogP contribution >= 0.6 is 0 Å². The topological polar surface area (TPSA) is 107 Å². The summed E-state index contributed by atoms with van der Waals surface area (Å²) in [4.78, 5) is 24.0. The monoisotopic (exact) mass is 382 g/mol. The molecule has 1 heterocycles. The Morgan fingerprint density at radius 1 is 1.18 bits per heavy atom. The van der Waals surface area contributed by atoms with Crippen LogP contribution in [0, 0.1) is 11.3 Å². The summed E-state index contributed by atoms with van der Waals surface area (Å²) >= 11 is 0. The summed E-state index contributed by atoms with van der Waals surface area (Å²) in [6.07, 6.45) is -0.967. The summed E-state index contributed by atoms with van der Waals surface area (Å²) in [5, 5.41) is 11.4. The van der Waals surface area contributed by atoms with E-state index in [1.807, 2.05) is 12.1 Å². The van der Waals surface area contributed by atoms with E-state index >= 15 is 0 Å². The molecule has 28 heavy (non-hydrogen) atoms. The van der Waals surface area contributed by atoms with E-state index in [9.17, 15) is 9.59 Å². The number of esters is 1. The zero-order valence-corrected chi connectivity index (χ0v) is 15.1. The van der Waals surface area contributed by atoms with Crippen LogP contribution in [0.1, 0.15) is 18.1 Å². The molecule has 0 aromatic heterocycles. The number of hydrogen-bond acceptors (Lipinski definition) is 7. The molecule has 0 saturated heterocycles. The fourth-order valence-corrected chi connectivity index (χ4v) is 2.44. The summed E-state index contributed by atoms with van der Waals surface area (Å²) in [7, 11) is 0. The van der Waals surface area contributed by atoms with Crippen molar-refractivity contribution in [3.8, 4) is 23.3 Å². The number of hydrogen-bond donors (Lipinski definition) is 1. The number of nitriles is 1. The third-order valence-corrected chi connectivity index (χ3v) is 3.92. The normalized spacial score (nSPS) is 12.6. The lowest BCUT2D eigenvalue weighted by molar-refractivity contribution is -0.156. The molecule has 0 unspecified atom stereocenters. The van der Waals surface area contributed by atoms with Gasteiger partial charge in [0.1, 0.15) is 5.75 Å². The van der Waals surface area contributed by atoms with Crippen LogP contribution in [0.4, 0.5) is 0 Å². The summed E-state index contributed by atoms with van der Waals surface area (Å²) in [5.41, 5.74) is 1.32. The number of carbonyl (C=O) groups excluding carboxylic acids is 2. The number of benzene rings is 2. The SMILES string of the molecule is C[C@H](OC(=O)COc1ccc(C#N)cc1)C(=O)NCc1ccc2c(c1)OCO2. The molecule has 0 aliphatic carbocycles. The first kappa shape index (κ1) is 19.0. The van der Waals surface area contributed by atoms with Crippen LogP contribution in [-0.2, 0) is 20.9 Å². The van der Waals surface area contributed by atoms with E-state index in [2.05, 4.69) is 5.32 Å². The van der Waals surface area contributed by atoms with E-state index in [1.54, 1.807) is 36.4 Å². The third-order valence-electron chi connectivity index (χ3n) is 3.92.